The number of hydrogen-bond acceptors (Lipinski definition) is 2. The summed E-state index contributed by atoms with van der Waals surface area (Å²) >= 11 is 4.49. The molecule has 0 bridgehead atoms. The Bertz CT molecular complexity index is 556. The van der Waals surface area contributed by atoms with Crippen molar-refractivity contribution in [3.8, 4) is 0 Å². The third-order valence-electron chi connectivity index (χ3n) is 2.30. The third-order valence-corrected chi connectivity index (χ3v) is 4.05. The van der Waals surface area contributed by atoms with Crippen molar-refractivity contribution in [2.45, 2.75) is 6.10 Å². The molecule has 2 rings (SSSR count). The van der Waals surface area contributed by atoms with Crippen LogP contribution in [-0.4, -0.2) is 5.11 Å². The van der Waals surface area contributed by atoms with Gasteiger partial charge in [-0.25, -0.2) is 13.2 Å². The molecule has 1 heterocycles. The average molecular weight is 323 g/mol. The molecule has 1 nitrogen and oxygen atoms in total. The Morgan fingerprint density at radius 1 is 1.06 bits per heavy atom. The largest absolute Gasteiger partial charge is 0.383 e. The van der Waals surface area contributed by atoms with Crippen LogP contribution in [0, 0.1) is 17.5 Å². The Balaban J connectivity index is 2.48. The summed E-state index contributed by atoms with van der Waals surface area (Å²) in [4.78, 5) is 0. The van der Waals surface area contributed by atoms with Gasteiger partial charge in [0.25, 0.3) is 0 Å². The van der Waals surface area contributed by atoms with Crippen molar-refractivity contribution in [3.05, 3.63) is 55.9 Å². The number of aliphatic hydroxyl groups is 1. The first-order chi connectivity index (χ1) is 8.02. The van der Waals surface area contributed by atoms with Crippen molar-refractivity contribution >= 4 is 27.3 Å². The quantitative estimate of drug-likeness (QED) is 0.828. The molecule has 0 aliphatic heterocycles. The highest BCUT2D eigenvalue weighted by Crippen LogP contribution is 2.33. The maximum absolute atomic E-state index is 13.4. The molecule has 1 atom stereocenters. The Morgan fingerprint density at radius 3 is 2.35 bits per heavy atom. The minimum absolute atomic E-state index is 0.289. The lowest BCUT2D eigenvalue weighted by Crippen LogP contribution is -2.05. The van der Waals surface area contributed by atoms with Crippen LogP contribution in [0.3, 0.4) is 0 Å². The van der Waals surface area contributed by atoms with E-state index in [0.717, 1.165) is 12.1 Å². The van der Waals surface area contributed by atoms with Crippen molar-refractivity contribution in [3.63, 3.8) is 0 Å². The van der Waals surface area contributed by atoms with Crippen molar-refractivity contribution < 1.29 is 18.3 Å². The highest BCUT2D eigenvalue weighted by atomic mass is 79.9. The van der Waals surface area contributed by atoms with Gasteiger partial charge in [0.1, 0.15) is 6.10 Å². The highest BCUT2D eigenvalue weighted by molar-refractivity contribution is 9.10. The number of halogens is 4. The zero-order valence-corrected chi connectivity index (χ0v) is 10.7. The first-order valence-electron chi connectivity index (χ1n) is 4.55. The Hall–Kier alpha value is -0.850. The van der Waals surface area contributed by atoms with Gasteiger partial charge in [-0.05, 0) is 27.4 Å². The molecular formula is C11H6BrF3OS. The molecule has 0 aliphatic carbocycles. The van der Waals surface area contributed by atoms with E-state index in [2.05, 4.69) is 15.9 Å². The maximum atomic E-state index is 13.4. The lowest BCUT2D eigenvalue weighted by molar-refractivity contribution is 0.212. The van der Waals surface area contributed by atoms with E-state index in [9.17, 15) is 18.3 Å². The Labute approximate surface area is 108 Å². The van der Waals surface area contributed by atoms with E-state index < -0.39 is 23.6 Å². The molecule has 0 saturated heterocycles. The van der Waals surface area contributed by atoms with Gasteiger partial charge in [0.05, 0.1) is 0 Å². The lowest BCUT2D eigenvalue weighted by atomic mass is 10.0. The maximum Gasteiger partial charge on any atom is 0.194 e. The van der Waals surface area contributed by atoms with Crippen LogP contribution in [0.4, 0.5) is 13.2 Å². The van der Waals surface area contributed by atoms with Crippen LogP contribution in [0.15, 0.2) is 27.4 Å². The minimum atomic E-state index is -1.58. The fraction of sp³-hybridized carbons (Fsp3) is 0.0909. The molecule has 17 heavy (non-hydrogen) atoms. The number of benzene rings is 1. The van der Waals surface area contributed by atoms with Crippen LogP contribution in [-0.2, 0) is 0 Å². The van der Waals surface area contributed by atoms with Crippen molar-refractivity contribution in [1.82, 2.24) is 0 Å². The van der Waals surface area contributed by atoms with Gasteiger partial charge in [-0.3, -0.25) is 0 Å². The van der Waals surface area contributed by atoms with E-state index >= 15 is 0 Å². The van der Waals surface area contributed by atoms with Gasteiger partial charge < -0.3 is 5.11 Å². The molecule has 2 aromatic rings. The van der Waals surface area contributed by atoms with E-state index in [-0.39, 0.29) is 5.56 Å². The fourth-order valence-electron chi connectivity index (χ4n) is 1.41. The summed E-state index contributed by atoms with van der Waals surface area (Å²) in [6.07, 6.45) is -1.33. The van der Waals surface area contributed by atoms with Crippen molar-refractivity contribution in [1.29, 1.82) is 0 Å². The summed E-state index contributed by atoms with van der Waals surface area (Å²) in [5.74, 6) is -4.22. The summed E-state index contributed by atoms with van der Waals surface area (Å²) in [7, 11) is 0. The van der Waals surface area contributed by atoms with Gasteiger partial charge >= 0.3 is 0 Å². The van der Waals surface area contributed by atoms with Crippen LogP contribution >= 0.6 is 27.3 Å². The predicted octanol–water partition coefficient (Wildman–Crippen LogP) is 4.01. The number of aliphatic hydroxyl groups excluding tert-OH is 1. The molecule has 1 aromatic carbocycles. The van der Waals surface area contributed by atoms with Crippen LogP contribution in [0.1, 0.15) is 17.2 Å². The summed E-state index contributed by atoms with van der Waals surface area (Å²) in [6, 6.07) is 1.82. The predicted molar refractivity (Wildman–Crippen MR) is 62.4 cm³/mol. The van der Waals surface area contributed by atoms with Gasteiger partial charge in [-0.2, -0.15) is 11.3 Å². The smallest absolute Gasteiger partial charge is 0.194 e. The first-order valence-corrected chi connectivity index (χ1v) is 6.29. The molecule has 1 N–H and O–H groups in total. The molecular weight excluding hydrogens is 317 g/mol. The van der Waals surface area contributed by atoms with Gasteiger partial charge in [-0.15, -0.1) is 0 Å². The molecule has 0 amide bonds. The van der Waals surface area contributed by atoms with Crippen LogP contribution < -0.4 is 0 Å². The van der Waals surface area contributed by atoms with E-state index in [4.69, 9.17) is 0 Å². The monoisotopic (exact) mass is 322 g/mol. The van der Waals surface area contributed by atoms with Crippen LogP contribution in [0.2, 0.25) is 0 Å². The number of thiophene rings is 1. The van der Waals surface area contributed by atoms with Gasteiger partial charge in [-0.1, -0.05) is 6.07 Å². The van der Waals surface area contributed by atoms with Crippen molar-refractivity contribution in [2.24, 2.45) is 0 Å². The van der Waals surface area contributed by atoms with E-state index in [1.807, 2.05) is 0 Å². The van der Waals surface area contributed by atoms with Crippen LogP contribution in [0.5, 0.6) is 0 Å². The van der Waals surface area contributed by atoms with E-state index in [1.165, 1.54) is 11.3 Å². The SMILES string of the molecule is OC(c1cscc1Br)c1ccc(F)c(F)c1F. The zero-order chi connectivity index (χ0) is 12.6. The van der Waals surface area contributed by atoms with E-state index in [0.29, 0.717) is 10.0 Å². The third kappa shape index (κ3) is 2.25. The molecule has 1 aromatic heterocycles. The summed E-state index contributed by atoms with van der Waals surface area (Å²) in [5.41, 5.74) is 0.128. The topological polar surface area (TPSA) is 20.2 Å². The number of rotatable bonds is 2. The Morgan fingerprint density at radius 2 is 1.76 bits per heavy atom. The fourth-order valence-corrected chi connectivity index (χ4v) is 2.94. The van der Waals surface area contributed by atoms with E-state index in [1.54, 1.807) is 10.8 Å². The van der Waals surface area contributed by atoms with Crippen LogP contribution in [0.25, 0.3) is 0 Å². The molecule has 0 fully saturated rings. The molecule has 90 valence electrons. The molecule has 0 saturated carbocycles. The molecule has 0 aliphatic rings. The molecule has 1 unspecified atom stereocenters. The zero-order valence-electron chi connectivity index (χ0n) is 8.25. The molecule has 0 radical (unpaired) electrons. The number of hydrogen-bond donors (Lipinski definition) is 1. The second-order valence-corrected chi connectivity index (χ2v) is 4.94. The second kappa shape index (κ2) is 4.80. The molecule has 6 heteroatoms. The van der Waals surface area contributed by atoms with Gasteiger partial charge in [0, 0.05) is 21.0 Å². The standard InChI is InChI=1S/C11H6BrF3OS/c12-7-4-17-3-6(7)11(16)5-1-2-8(13)10(15)9(5)14/h1-4,11,16H. The minimum Gasteiger partial charge on any atom is -0.383 e. The van der Waals surface area contributed by atoms with Gasteiger partial charge in [0.15, 0.2) is 17.5 Å². The highest BCUT2D eigenvalue weighted by Gasteiger charge is 2.22. The van der Waals surface area contributed by atoms with Crippen molar-refractivity contribution in [2.75, 3.05) is 0 Å². The summed E-state index contributed by atoms with van der Waals surface area (Å²) in [6.45, 7) is 0. The second-order valence-electron chi connectivity index (χ2n) is 3.34. The summed E-state index contributed by atoms with van der Waals surface area (Å²) in [5, 5.41) is 13.2. The lowest BCUT2D eigenvalue weighted by Gasteiger charge is -2.12. The normalized spacial score (nSPS) is 12.8. The average Bonchev–Trinajstić information content (AvgIpc) is 2.72. The summed E-state index contributed by atoms with van der Waals surface area (Å²) < 4.78 is 39.8. The van der Waals surface area contributed by atoms with Gasteiger partial charge in [0.2, 0.25) is 0 Å². The Kier molecular flexibility index (Phi) is 3.56. The molecule has 0 spiro atoms. The first kappa shape index (κ1) is 12.6.